The van der Waals surface area contributed by atoms with Gasteiger partial charge in [0.05, 0.1) is 11.3 Å². The normalized spacial score (nSPS) is 11.6. The Morgan fingerprint density at radius 2 is 2.36 bits per heavy atom. The molecule has 0 saturated carbocycles. The van der Waals surface area contributed by atoms with Crippen LogP contribution in [0, 0.1) is 0 Å². The molecule has 14 heavy (non-hydrogen) atoms. The number of primary amides is 1. The van der Waals surface area contributed by atoms with Gasteiger partial charge >= 0.3 is 0 Å². The van der Waals surface area contributed by atoms with E-state index in [0.29, 0.717) is 17.8 Å². The summed E-state index contributed by atoms with van der Waals surface area (Å²) in [5.41, 5.74) is 5.18. The molecule has 3 N–H and O–H groups in total. The number of carbonyl (C=O) groups excluding carboxylic acids is 1. The van der Waals surface area contributed by atoms with Crippen LogP contribution in [-0.2, 0) is 6.42 Å². The fraction of sp³-hybridized carbons (Fsp3) is 0.556. The summed E-state index contributed by atoms with van der Waals surface area (Å²) in [4.78, 5) is 14.8. The molecule has 78 valence electrons. The van der Waals surface area contributed by atoms with Gasteiger partial charge in [0.15, 0.2) is 5.01 Å². The average Bonchev–Trinajstić information content (AvgIpc) is 2.47. The Bertz CT molecular complexity index is 328. The van der Waals surface area contributed by atoms with Crippen molar-refractivity contribution in [3.05, 3.63) is 16.1 Å². The number of amides is 1. The highest BCUT2D eigenvalue weighted by molar-refractivity contribution is 7.11. The third-order valence-electron chi connectivity index (χ3n) is 1.76. The molecule has 0 aliphatic rings. The summed E-state index contributed by atoms with van der Waals surface area (Å²) < 4.78 is 0. The van der Waals surface area contributed by atoms with Gasteiger partial charge in [-0.05, 0) is 26.7 Å². The number of aryl methyl sites for hydroxylation is 1. The Labute approximate surface area is 86.8 Å². The molecular formula is C9H14N2O2S. The van der Waals surface area contributed by atoms with Crippen LogP contribution in [0.5, 0.6) is 0 Å². The molecule has 0 aromatic carbocycles. The molecule has 0 aliphatic carbocycles. The molecule has 1 rings (SSSR count). The highest BCUT2D eigenvalue weighted by Crippen LogP contribution is 2.15. The van der Waals surface area contributed by atoms with Crippen molar-refractivity contribution in [2.75, 3.05) is 0 Å². The van der Waals surface area contributed by atoms with Crippen molar-refractivity contribution in [2.45, 2.75) is 32.3 Å². The van der Waals surface area contributed by atoms with Crippen molar-refractivity contribution in [3.8, 4) is 0 Å². The van der Waals surface area contributed by atoms with E-state index in [9.17, 15) is 9.90 Å². The van der Waals surface area contributed by atoms with E-state index in [4.69, 9.17) is 5.73 Å². The van der Waals surface area contributed by atoms with Gasteiger partial charge in [-0.1, -0.05) is 0 Å². The van der Waals surface area contributed by atoms with Gasteiger partial charge < -0.3 is 10.8 Å². The van der Waals surface area contributed by atoms with Crippen LogP contribution in [-0.4, -0.2) is 21.6 Å². The predicted molar refractivity (Wildman–Crippen MR) is 55.3 cm³/mol. The summed E-state index contributed by atoms with van der Waals surface area (Å²) in [6, 6.07) is 0. The number of aromatic nitrogens is 1. The summed E-state index contributed by atoms with van der Waals surface area (Å²) >= 11 is 1.24. The maximum atomic E-state index is 10.7. The molecule has 1 amide bonds. The summed E-state index contributed by atoms with van der Waals surface area (Å²) in [6.45, 7) is 3.49. The van der Waals surface area contributed by atoms with Gasteiger partial charge in [0.2, 0.25) is 0 Å². The van der Waals surface area contributed by atoms with Gasteiger partial charge in [-0.3, -0.25) is 4.79 Å². The number of aliphatic hydroxyl groups is 1. The van der Waals surface area contributed by atoms with Crippen molar-refractivity contribution >= 4 is 17.2 Å². The van der Waals surface area contributed by atoms with Crippen molar-refractivity contribution in [1.82, 2.24) is 4.98 Å². The van der Waals surface area contributed by atoms with Crippen molar-refractivity contribution in [3.63, 3.8) is 0 Å². The topological polar surface area (TPSA) is 76.2 Å². The van der Waals surface area contributed by atoms with Gasteiger partial charge in [-0.15, -0.1) is 11.3 Å². The average molecular weight is 214 g/mol. The summed E-state index contributed by atoms with van der Waals surface area (Å²) in [7, 11) is 0. The molecule has 1 aromatic heterocycles. The lowest BCUT2D eigenvalue weighted by Crippen LogP contribution is -2.19. The number of nitrogens with two attached hydrogens (primary N) is 1. The smallest absolute Gasteiger partial charge is 0.277 e. The van der Waals surface area contributed by atoms with E-state index < -0.39 is 11.5 Å². The number of nitrogens with zero attached hydrogens (tertiary/aromatic N) is 1. The first kappa shape index (κ1) is 11.1. The van der Waals surface area contributed by atoms with Gasteiger partial charge in [-0.25, -0.2) is 4.98 Å². The van der Waals surface area contributed by atoms with Crippen LogP contribution in [0.15, 0.2) is 5.38 Å². The molecule has 5 heteroatoms. The van der Waals surface area contributed by atoms with Gasteiger partial charge in [0, 0.05) is 5.38 Å². The van der Waals surface area contributed by atoms with Gasteiger partial charge in [0.25, 0.3) is 5.91 Å². The summed E-state index contributed by atoms with van der Waals surface area (Å²) in [5.74, 6) is -0.496. The second-order valence-corrected chi connectivity index (χ2v) is 4.68. The highest BCUT2D eigenvalue weighted by Gasteiger charge is 2.14. The lowest BCUT2D eigenvalue weighted by molar-refractivity contribution is 0.0711. The number of hydrogen-bond acceptors (Lipinski definition) is 4. The molecule has 0 spiro atoms. The van der Waals surface area contributed by atoms with Crippen molar-refractivity contribution in [2.24, 2.45) is 5.73 Å². The molecule has 4 nitrogen and oxygen atoms in total. The van der Waals surface area contributed by atoms with Crippen LogP contribution in [0.25, 0.3) is 0 Å². The molecule has 0 unspecified atom stereocenters. The largest absolute Gasteiger partial charge is 0.390 e. The molecule has 1 heterocycles. The Kier molecular flexibility index (Phi) is 3.23. The van der Waals surface area contributed by atoms with E-state index in [1.165, 1.54) is 11.3 Å². The minimum Gasteiger partial charge on any atom is -0.390 e. The van der Waals surface area contributed by atoms with Gasteiger partial charge in [-0.2, -0.15) is 0 Å². The Balaban J connectivity index is 2.56. The first-order valence-corrected chi connectivity index (χ1v) is 5.23. The van der Waals surface area contributed by atoms with E-state index in [1.807, 2.05) is 0 Å². The minimum atomic E-state index is -0.698. The third kappa shape index (κ3) is 3.43. The van der Waals surface area contributed by atoms with E-state index in [0.717, 1.165) is 5.69 Å². The molecule has 1 aromatic rings. The lowest BCUT2D eigenvalue weighted by atomic mass is 10.0. The first-order valence-electron chi connectivity index (χ1n) is 4.35. The molecule has 0 saturated heterocycles. The zero-order valence-electron chi connectivity index (χ0n) is 8.28. The van der Waals surface area contributed by atoms with Crippen LogP contribution in [0.3, 0.4) is 0 Å². The van der Waals surface area contributed by atoms with E-state index in [1.54, 1.807) is 19.2 Å². The fourth-order valence-electron chi connectivity index (χ4n) is 0.969. The molecular weight excluding hydrogens is 200 g/mol. The Morgan fingerprint density at radius 3 is 2.79 bits per heavy atom. The molecule has 0 fully saturated rings. The molecule has 0 radical (unpaired) electrons. The number of thiazole rings is 1. The van der Waals surface area contributed by atoms with Crippen LogP contribution >= 0.6 is 11.3 Å². The van der Waals surface area contributed by atoms with Crippen molar-refractivity contribution in [1.29, 1.82) is 0 Å². The van der Waals surface area contributed by atoms with E-state index >= 15 is 0 Å². The summed E-state index contributed by atoms with van der Waals surface area (Å²) in [5, 5.41) is 11.6. The quantitative estimate of drug-likeness (QED) is 0.783. The van der Waals surface area contributed by atoms with E-state index in [-0.39, 0.29) is 0 Å². The standard InChI is InChI=1S/C9H14N2O2S/c1-9(2,13)4-3-6-5-14-8(11-6)7(10)12/h5,13H,3-4H2,1-2H3,(H2,10,12). The number of hydrogen-bond donors (Lipinski definition) is 2. The Hall–Kier alpha value is -0.940. The highest BCUT2D eigenvalue weighted by atomic mass is 32.1. The summed E-state index contributed by atoms with van der Waals surface area (Å²) in [6.07, 6.45) is 1.28. The lowest BCUT2D eigenvalue weighted by Gasteiger charge is -2.15. The third-order valence-corrected chi connectivity index (χ3v) is 2.66. The van der Waals surface area contributed by atoms with Crippen LogP contribution in [0.2, 0.25) is 0 Å². The SMILES string of the molecule is CC(C)(O)CCc1csc(C(N)=O)n1. The Morgan fingerprint density at radius 1 is 1.71 bits per heavy atom. The predicted octanol–water partition coefficient (Wildman–Crippen LogP) is 0.946. The van der Waals surface area contributed by atoms with Crippen LogP contribution in [0.1, 0.15) is 35.8 Å². The monoisotopic (exact) mass is 214 g/mol. The maximum Gasteiger partial charge on any atom is 0.277 e. The van der Waals surface area contributed by atoms with E-state index in [2.05, 4.69) is 4.98 Å². The number of rotatable bonds is 4. The number of carbonyl (C=O) groups is 1. The van der Waals surface area contributed by atoms with Crippen LogP contribution < -0.4 is 5.73 Å². The zero-order chi connectivity index (χ0) is 10.8. The van der Waals surface area contributed by atoms with Crippen molar-refractivity contribution < 1.29 is 9.90 Å². The molecule has 0 aliphatic heterocycles. The first-order chi connectivity index (χ1) is 6.38. The fourth-order valence-corrected chi connectivity index (χ4v) is 1.67. The molecule has 0 bridgehead atoms. The maximum absolute atomic E-state index is 10.7. The molecule has 0 atom stereocenters. The van der Waals surface area contributed by atoms with Crippen LogP contribution in [0.4, 0.5) is 0 Å². The second kappa shape index (κ2) is 4.06. The zero-order valence-corrected chi connectivity index (χ0v) is 9.10. The van der Waals surface area contributed by atoms with Gasteiger partial charge in [0.1, 0.15) is 0 Å². The minimum absolute atomic E-state index is 0.329. The second-order valence-electron chi connectivity index (χ2n) is 3.82.